The normalized spacial score (nSPS) is 11.3. The molecule has 0 saturated heterocycles. The molecule has 0 spiro atoms. The Balaban J connectivity index is 3.03. The van der Waals surface area contributed by atoms with Gasteiger partial charge in [-0.3, -0.25) is 9.59 Å². The van der Waals surface area contributed by atoms with E-state index in [1.807, 2.05) is 31.2 Å². The van der Waals surface area contributed by atoms with Crippen LogP contribution in [0.3, 0.4) is 0 Å². The Morgan fingerprint density at radius 1 is 1.40 bits per heavy atom. The monoisotopic (exact) mass is 293 g/mol. The Bertz CT molecular complexity index is 512. The number of amides is 1. The molecule has 1 N–H and O–H groups in total. The Labute approximate surface area is 122 Å². The summed E-state index contributed by atoms with van der Waals surface area (Å²) >= 11 is 5.88. The highest BCUT2D eigenvalue weighted by atomic mass is 35.5. The van der Waals surface area contributed by atoms with Crippen molar-refractivity contribution in [2.45, 2.75) is 13.5 Å². The molecule has 20 heavy (non-hydrogen) atoms. The molecule has 0 radical (unpaired) electrons. The maximum Gasteiger partial charge on any atom is 0.212 e. The molecule has 1 amide bonds. The molecule has 0 aliphatic heterocycles. The number of aldehydes is 1. The number of aryl methyl sites for hydroxylation is 1. The first-order valence-corrected chi connectivity index (χ1v) is 6.42. The summed E-state index contributed by atoms with van der Waals surface area (Å²) in [5, 5.41) is 2.33. The van der Waals surface area contributed by atoms with Gasteiger partial charge in [0.2, 0.25) is 6.41 Å². The topological polar surface area (TPSA) is 61.8 Å². The SMILES string of the molecule is C=N/C(NC=O)=C(/C=O)N(CCl)Cc1ccc(C)cc1. The van der Waals surface area contributed by atoms with Crippen molar-refractivity contribution >= 4 is 31.0 Å². The summed E-state index contributed by atoms with van der Waals surface area (Å²) in [5.41, 5.74) is 2.32. The molecule has 0 aliphatic carbocycles. The summed E-state index contributed by atoms with van der Waals surface area (Å²) in [7, 11) is 0. The summed E-state index contributed by atoms with van der Waals surface area (Å²) in [5.74, 6) is 0.0859. The summed E-state index contributed by atoms with van der Waals surface area (Å²) in [6, 6.07) is 7.93. The molecule has 0 fully saturated rings. The van der Waals surface area contributed by atoms with Crippen molar-refractivity contribution in [1.29, 1.82) is 0 Å². The number of nitrogens with zero attached hydrogens (tertiary/aromatic N) is 2. The maximum absolute atomic E-state index is 11.2. The molecule has 0 aromatic heterocycles. The molecule has 5 nitrogen and oxygen atoms in total. The van der Waals surface area contributed by atoms with Gasteiger partial charge in [-0.2, -0.15) is 0 Å². The lowest BCUT2D eigenvalue weighted by atomic mass is 10.1. The van der Waals surface area contributed by atoms with Crippen molar-refractivity contribution in [2.24, 2.45) is 4.99 Å². The number of benzene rings is 1. The second-order valence-corrected chi connectivity index (χ2v) is 4.31. The van der Waals surface area contributed by atoms with Crippen LogP contribution >= 0.6 is 11.6 Å². The smallest absolute Gasteiger partial charge is 0.212 e. The van der Waals surface area contributed by atoms with E-state index in [2.05, 4.69) is 17.0 Å². The Morgan fingerprint density at radius 2 is 2.05 bits per heavy atom. The van der Waals surface area contributed by atoms with E-state index in [1.165, 1.54) is 0 Å². The number of allylic oxidation sites excluding steroid dienone is 1. The van der Waals surface area contributed by atoms with Gasteiger partial charge >= 0.3 is 0 Å². The molecule has 0 unspecified atom stereocenters. The van der Waals surface area contributed by atoms with Crippen molar-refractivity contribution < 1.29 is 9.59 Å². The average Bonchev–Trinajstić information content (AvgIpc) is 2.47. The van der Waals surface area contributed by atoms with Crippen molar-refractivity contribution in [2.75, 3.05) is 6.00 Å². The first-order valence-electron chi connectivity index (χ1n) is 5.89. The van der Waals surface area contributed by atoms with Gasteiger partial charge in [0.1, 0.15) is 5.70 Å². The third-order valence-corrected chi connectivity index (χ3v) is 2.98. The van der Waals surface area contributed by atoms with Crippen molar-refractivity contribution in [1.82, 2.24) is 10.2 Å². The Hall–Kier alpha value is -2.14. The fraction of sp³-hybridized carbons (Fsp3) is 0.214. The summed E-state index contributed by atoms with van der Waals surface area (Å²) in [4.78, 5) is 26.9. The highest BCUT2D eigenvalue weighted by Crippen LogP contribution is 2.14. The van der Waals surface area contributed by atoms with Crippen LogP contribution in [0.5, 0.6) is 0 Å². The fourth-order valence-corrected chi connectivity index (χ4v) is 1.86. The lowest BCUT2D eigenvalue weighted by Crippen LogP contribution is -2.26. The number of rotatable bonds is 8. The molecule has 1 aromatic carbocycles. The zero-order valence-electron chi connectivity index (χ0n) is 11.2. The second-order valence-electron chi connectivity index (χ2n) is 4.08. The van der Waals surface area contributed by atoms with Gasteiger partial charge in [-0.15, -0.1) is 11.6 Å². The van der Waals surface area contributed by atoms with Crippen LogP contribution in [0.2, 0.25) is 0 Å². The minimum atomic E-state index is 0.0848. The predicted octanol–water partition coefficient (Wildman–Crippen LogP) is 1.81. The molecule has 0 bridgehead atoms. The number of aliphatic imine (C=N–C) groups is 1. The van der Waals surface area contributed by atoms with E-state index in [1.54, 1.807) is 4.90 Å². The number of carbonyl (C=O) groups is 2. The van der Waals surface area contributed by atoms with E-state index in [-0.39, 0.29) is 17.5 Å². The van der Waals surface area contributed by atoms with Crippen LogP contribution in [-0.4, -0.2) is 30.3 Å². The van der Waals surface area contributed by atoms with Gasteiger partial charge in [0.25, 0.3) is 0 Å². The maximum atomic E-state index is 11.2. The van der Waals surface area contributed by atoms with E-state index in [0.717, 1.165) is 11.1 Å². The van der Waals surface area contributed by atoms with E-state index < -0.39 is 0 Å². The van der Waals surface area contributed by atoms with Crippen molar-refractivity contribution in [3.63, 3.8) is 0 Å². The highest BCUT2D eigenvalue weighted by Gasteiger charge is 2.13. The third kappa shape index (κ3) is 4.20. The van der Waals surface area contributed by atoms with E-state index in [0.29, 0.717) is 19.2 Å². The zero-order chi connectivity index (χ0) is 15.0. The van der Waals surface area contributed by atoms with Gasteiger partial charge in [0, 0.05) is 6.54 Å². The first-order chi connectivity index (χ1) is 9.65. The highest BCUT2D eigenvalue weighted by molar-refractivity contribution is 6.17. The quantitative estimate of drug-likeness (QED) is 0.261. The number of halogens is 1. The van der Waals surface area contributed by atoms with Gasteiger partial charge in [-0.25, -0.2) is 4.99 Å². The third-order valence-electron chi connectivity index (χ3n) is 2.69. The number of nitrogens with one attached hydrogen (secondary N) is 1. The largest absolute Gasteiger partial charge is 0.348 e. The van der Waals surface area contributed by atoms with Crippen LogP contribution in [0, 0.1) is 6.92 Å². The first kappa shape index (κ1) is 15.9. The fourth-order valence-electron chi connectivity index (χ4n) is 1.64. The molecule has 1 aromatic rings. The minimum absolute atomic E-state index is 0.0848. The van der Waals surface area contributed by atoms with Gasteiger partial charge in [-0.05, 0) is 19.2 Å². The second kappa shape index (κ2) is 8.12. The number of hydrogen-bond donors (Lipinski definition) is 1. The van der Waals surface area contributed by atoms with Gasteiger partial charge in [-0.1, -0.05) is 29.8 Å². The van der Waals surface area contributed by atoms with Crippen molar-refractivity contribution in [3.05, 3.63) is 46.9 Å². The van der Waals surface area contributed by atoms with Crippen LogP contribution in [0.4, 0.5) is 0 Å². The average molecular weight is 294 g/mol. The van der Waals surface area contributed by atoms with E-state index in [9.17, 15) is 9.59 Å². The molecule has 0 aliphatic rings. The van der Waals surface area contributed by atoms with E-state index in [4.69, 9.17) is 11.6 Å². The summed E-state index contributed by atoms with van der Waals surface area (Å²) in [6.45, 7) is 5.75. The number of alkyl halides is 1. The molecule has 0 saturated carbocycles. The number of hydrogen-bond acceptors (Lipinski definition) is 4. The predicted molar refractivity (Wildman–Crippen MR) is 79.3 cm³/mol. The summed E-state index contributed by atoms with van der Waals surface area (Å²) < 4.78 is 0. The van der Waals surface area contributed by atoms with Crippen LogP contribution in [0.1, 0.15) is 11.1 Å². The molecule has 0 atom stereocenters. The van der Waals surface area contributed by atoms with Crippen LogP contribution in [0.25, 0.3) is 0 Å². The van der Waals surface area contributed by atoms with Crippen LogP contribution in [-0.2, 0) is 16.1 Å². The minimum Gasteiger partial charge on any atom is -0.348 e. The number of carbonyl (C=O) groups excluding carboxylic acids is 2. The molecular formula is C14H16ClN3O2. The Morgan fingerprint density at radius 3 is 2.50 bits per heavy atom. The molecule has 6 heteroatoms. The molecule has 0 heterocycles. The molecule has 106 valence electrons. The summed E-state index contributed by atoms with van der Waals surface area (Å²) in [6.07, 6.45) is 1.03. The lowest BCUT2D eigenvalue weighted by molar-refractivity contribution is -0.109. The Kier molecular flexibility index (Phi) is 6.46. The standard InChI is InChI=1S/C14H16ClN3O2/c1-11-3-5-12(6-4-11)7-18(9-15)13(8-19)14(16-2)17-10-20/h3-6,8,10H,2,7,9H2,1H3,(H,17,20)/b14-13+. The lowest BCUT2D eigenvalue weighted by Gasteiger charge is -2.22. The zero-order valence-corrected chi connectivity index (χ0v) is 11.9. The van der Waals surface area contributed by atoms with Gasteiger partial charge in [0.15, 0.2) is 12.1 Å². The van der Waals surface area contributed by atoms with Crippen LogP contribution < -0.4 is 5.32 Å². The van der Waals surface area contributed by atoms with Crippen LogP contribution in [0.15, 0.2) is 40.8 Å². The van der Waals surface area contributed by atoms with E-state index >= 15 is 0 Å². The van der Waals surface area contributed by atoms with Gasteiger partial charge < -0.3 is 10.2 Å². The molecular weight excluding hydrogens is 278 g/mol. The van der Waals surface area contributed by atoms with Crippen molar-refractivity contribution in [3.8, 4) is 0 Å². The molecule has 1 rings (SSSR count). The van der Waals surface area contributed by atoms with Gasteiger partial charge in [0.05, 0.1) is 6.00 Å².